The lowest BCUT2D eigenvalue weighted by atomic mass is 10.1. The lowest BCUT2D eigenvalue weighted by Gasteiger charge is -2.12. The van der Waals surface area contributed by atoms with Gasteiger partial charge in [0.05, 0.1) is 6.20 Å². The molecule has 17 heavy (non-hydrogen) atoms. The van der Waals surface area contributed by atoms with Gasteiger partial charge in [0.25, 0.3) is 0 Å². The van der Waals surface area contributed by atoms with Crippen LogP contribution in [0.1, 0.15) is 24.1 Å². The molecule has 1 aromatic heterocycles. The summed E-state index contributed by atoms with van der Waals surface area (Å²) in [5.41, 5.74) is 1.81. The Morgan fingerprint density at radius 2 is 2.24 bits per heavy atom. The minimum absolute atomic E-state index is 0.0640. The van der Waals surface area contributed by atoms with E-state index in [1.807, 2.05) is 13.1 Å². The molecule has 5 heteroatoms. The quantitative estimate of drug-likeness (QED) is 0.647. The first-order valence-electron chi connectivity index (χ1n) is 5.39. The van der Waals surface area contributed by atoms with E-state index < -0.39 is 0 Å². The standard InChI is InChI=1S/C12H15N3O2/c1-8(10-6-14-15-7-10)13-5-9-2-3-11(16)4-12(9)17/h2-4,6-8,13,16-17H,5H2,1H3,(H,14,15). The molecule has 0 saturated heterocycles. The van der Waals surface area contributed by atoms with Gasteiger partial charge in [-0.3, -0.25) is 5.10 Å². The Kier molecular flexibility index (Phi) is 3.30. The molecule has 4 N–H and O–H groups in total. The van der Waals surface area contributed by atoms with Crippen LogP contribution in [0.4, 0.5) is 0 Å². The zero-order chi connectivity index (χ0) is 12.3. The number of rotatable bonds is 4. The summed E-state index contributed by atoms with van der Waals surface area (Å²) in [6, 6.07) is 4.72. The second-order valence-electron chi connectivity index (χ2n) is 3.95. The molecule has 0 spiro atoms. The van der Waals surface area contributed by atoms with E-state index in [1.54, 1.807) is 18.3 Å². The smallest absolute Gasteiger partial charge is 0.123 e. The number of aromatic amines is 1. The molecule has 0 aliphatic heterocycles. The van der Waals surface area contributed by atoms with Gasteiger partial charge < -0.3 is 15.5 Å². The van der Waals surface area contributed by atoms with Gasteiger partial charge in [0.1, 0.15) is 11.5 Å². The van der Waals surface area contributed by atoms with Crippen LogP contribution in [-0.2, 0) is 6.54 Å². The zero-order valence-electron chi connectivity index (χ0n) is 9.51. The number of nitrogens with one attached hydrogen (secondary N) is 2. The molecule has 1 unspecified atom stereocenters. The molecule has 0 aliphatic rings. The summed E-state index contributed by atoms with van der Waals surface area (Å²) in [5, 5.41) is 28.7. The van der Waals surface area contributed by atoms with Gasteiger partial charge in [-0.15, -0.1) is 0 Å². The van der Waals surface area contributed by atoms with Crippen molar-refractivity contribution < 1.29 is 10.2 Å². The first-order chi connectivity index (χ1) is 8.16. The van der Waals surface area contributed by atoms with E-state index in [-0.39, 0.29) is 17.5 Å². The van der Waals surface area contributed by atoms with Crippen molar-refractivity contribution in [2.24, 2.45) is 0 Å². The Morgan fingerprint density at radius 3 is 2.88 bits per heavy atom. The van der Waals surface area contributed by atoms with E-state index in [9.17, 15) is 10.2 Å². The fourth-order valence-electron chi connectivity index (χ4n) is 1.58. The summed E-state index contributed by atoms with van der Waals surface area (Å²) < 4.78 is 0. The molecule has 2 rings (SSSR count). The summed E-state index contributed by atoms with van der Waals surface area (Å²) in [7, 11) is 0. The molecule has 90 valence electrons. The largest absolute Gasteiger partial charge is 0.508 e. The molecule has 0 amide bonds. The number of nitrogens with zero attached hydrogens (tertiary/aromatic N) is 1. The molecule has 0 bridgehead atoms. The maximum absolute atomic E-state index is 9.62. The highest BCUT2D eigenvalue weighted by Gasteiger charge is 2.07. The zero-order valence-corrected chi connectivity index (χ0v) is 9.51. The van der Waals surface area contributed by atoms with Crippen molar-refractivity contribution in [1.82, 2.24) is 15.5 Å². The van der Waals surface area contributed by atoms with Crippen molar-refractivity contribution >= 4 is 0 Å². The molecule has 0 aliphatic carbocycles. The van der Waals surface area contributed by atoms with Crippen LogP contribution in [-0.4, -0.2) is 20.4 Å². The highest BCUT2D eigenvalue weighted by molar-refractivity contribution is 5.38. The number of hydrogen-bond donors (Lipinski definition) is 4. The summed E-state index contributed by atoms with van der Waals surface area (Å²) >= 11 is 0. The Hall–Kier alpha value is -2.01. The van der Waals surface area contributed by atoms with Crippen molar-refractivity contribution in [1.29, 1.82) is 0 Å². The van der Waals surface area contributed by atoms with Gasteiger partial charge in [-0.05, 0) is 13.0 Å². The lowest BCUT2D eigenvalue weighted by Crippen LogP contribution is -2.17. The third kappa shape index (κ3) is 2.76. The summed E-state index contributed by atoms with van der Waals surface area (Å²) in [6.45, 7) is 2.54. The van der Waals surface area contributed by atoms with Crippen LogP contribution in [0.3, 0.4) is 0 Å². The summed E-state index contributed by atoms with van der Waals surface area (Å²) in [6.07, 6.45) is 3.59. The Labute approximate surface area is 99.1 Å². The van der Waals surface area contributed by atoms with E-state index in [0.717, 1.165) is 11.1 Å². The molecule has 0 saturated carbocycles. The van der Waals surface area contributed by atoms with Crippen LogP contribution in [0, 0.1) is 0 Å². The fourth-order valence-corrected chi connectivity index (χ4v) is 1.58. The molecular formula is C12H15N3O2. The topological polar surface area (TPSA) is 81.2 Å². The van der Waals surface area contributed by atoms with Crippen molar-refractivity contribution in [3.63, 3.8) is 0 Å². The lowest BCUT2D eigenvalue weighted by molar-refractivity contribution is 0.441. The first kappa shape index (κ1) is 11.5. The normalized spacial score (nSPS) is 12.5. The van der Waals surface area contributed by atoms with Gasteiger partial charge in [0.15, 0.2) is 0 Å². The highest BCUT2D eigenvalue weighted by atomic mass is 16.3. The fraction of sp³-hybridized carbons (Fsp3) is 0.250. The van der Waals surface area contributed by atoms with Crippen LogP contribution in [0.2, 0.25) is 0 Å². The van der Waals surface area contributed by atoms with Gasteiger partial charge in [0, 0.05) is 36.0 Å². The highest BCUT2D eigenvalue weighted by Crippen LogP contribution is 2.23. The molecule has 0 radical (unpaired) electrons. The number of aromatic nitrogens is 2. The molecular weight excluding hydrogens is 218 g/mol. The van der Waals surface area contributed by atoms with E-state index >= 15 is 0 Å². The van der Waals surface area contributed by atoms with Crippen LogP contribution in [0.5, 0.6) is 11.5 Å². The second kappa shape index (κ2) is 4.88. The number of benzene rings is 1. The summed E-state index contributed by atoms with van der Waals surface area (Å²) in [4.78, 5) is 0. The Balaban J connectivity index is 1.98. The minimum Gasteiger partial charge on any atom is -0.508 e. The van der Waals surface area contributed by atoms with Crippen LogP contribution in [0.25, 0.3) is 0 Å². The Morgan fingerprint density at radius 1 is 1.41 bits per heavy atom. The molecule has 5 nitrogen and oxygen atoms in total. The predicted octanol–water partition coefficient (Wildman–Crippen LogP) is 1.67. The van der Waals surface area contributed by atoms with Crippen molar-refractivity contribution in [2.75, 3.05) is 0 Å². The number of aromatic hydroxyl groups is 2. The van der Waals surface area contributed by atoms with Crippen molar-refractivity contribution in [3.05, 3.63) is 41.7 Å². The number of hydrogen-bond acceptors (Lipinski definition) is 4. The van der Waals surface area contributed by atoms with E-state index in [0.29, 0.717) is 6.54 Å². The molecule has 1 aromatic carbocycles. The van der Waals surface area contributed by atoms with Crippen LogP contribution >= 0.6 is 0 Å². The van der Waals surface area contributed by atoms with Crippen LogP contribution < -0.4 is 5.32 Å². The number of H-pyrrole nitrogens is 1. The third-order valence-electron chi connectivity index (χ3n) is 2.69. The van der Waals surface area contributed by atoms with Gasteiger partial charge in [-0.1, -0.05) is 6.07 Å². The third-order valence-corrected chi connectivity index (χ3v) is 2.69. The molecule has 1 heterocycles. The first-order valence-corrected chi connectivity index (χ1v) is 5.39. The maximum atomic E-state index is 9.62. The van der Waals surface area contributed by atoms with Gasteiger partial charge >= 0.3 is 0 Å². The SMILES string of the molecule is CC(NCc1ccc(O)cc1O)c1cn[nH]c1. The van der Waals surface area contributed by atoms with Crippen LogP contribution in [0.15, 0.2) is 30.6 Å². The molecule has 0 fully saturated rings. The number of phenols is 2. The van der Waals surface area contributed by atoms with Gasteiger partial charge in [-0.2, -0.15) is 5.10 Å². The minimum atomic E-state index is 0.0640. The van der Waals surface area contributed by atoms with E-state index in [2.05, 4.69) is 15.5 Å². The van der Waals surface area contributed by atoms with Gasteiger partial charge in [0.2, 0.25) is 0 Å². The second-order valence-corrected chi connectivity index (χ2v) is 3.95. The average Bonchev–Trinajstić information content (AvgIpc) is 2.81. The molecule has 1 atom stereocenters. The monoisotopic (exact) mass is 233 g/mol. The number of phenolic OH excluding ortho intramolecular Hbond substituents is 2. The summed E-state index contributed by atoms with van der Waals surface area (Å²) in [5.74, 6) is 0.158. The van der Waals surface area contributed by atoms with E-state index in [1.165, 1.54) is 6.07 Å². The van der Waals surface area contributed by atoms with Crippen molar-refractivity contribution in [2.45, 2.75) is 19.5 Å². The van der Waals surface area contributed by atoms with Gasteiger partial charge in [-0.25, -0.2) is 0 Å². The molecule has 2 aromatic rings. The predicted molar refractivity (Wildman–Crippen MR) is 63.6 cm³/mol. The van der Waals surface area contributed by atoms with E-state index in [4.69, 9.17) is 0 Å². The maximum Gasteiger partial charge on any atom is 0.123 e. The van der Waals surface area contributed by atoms with Crippen molar-refractivity contribution in [3.8, 4) is 11.5 Å². The Bertz CT molecular complexity index is 483. The average molecular weight is 233 g/mol.